The summed E-state index contributed by atoms with van der Waals surface area (Å²) in [5.41, 5.74) is 0. The van der Waals surface area contributed by atoms with E-state index in [0.717, 1.165) is 0 Å². The van der Waals surface area contributed by atoms with Crippen molar-refractivity contribution in [2.24, 2.45) is 0 Å². The summed E-state index contributed by atoms with van der Waals surface area (Å²) in [4.78, 5) is 16.1. The fraction of sp³-hybridized carbons (Fsp3) is 1.00. The number of aliphatic hydroxyl groups excluding tert-OH is 2. The van der Waals surface area contributed by atoms with Gasteiger partial charge in [-0.2, -0.15) is 0 Å². The molecule has 66 valence electrons. The molecule has 0 aromatic rings. The van der Waals surface area contributed by atoms with Crippen LogP contribution in [0.15, 0.2) is 0 Å². The molecule has 0 fully saturated rings. The third-order valence-corrected chi connectivity index (χ3v) is 1.13. The molecule has 0 radical (unpaired) electrons. The van der Waals surface area contributed by atoms with Gasteiger partial charge in [-0.25, -0.2) is 4.57 Å². The fourth-order valence-electron chi connectivity index (χ4n) is 0.236. The molecule has 0 aromatic carbocycles. The van der Waals surface area contributed by atoms with Crippen LogP contribution in [0.1, 0.15) is 0 Å². The second-order valence-electron chi connectivity index (χ2n) is 1.62. The second kappa shape index (κ2) is 6.33. The average Bonchev–Trinajstić information content (AvgIpc) is 1.81. The van der Waals surface area contributed by atoms with Gasteiger partial charge in [0, 0.05) is 0 Å². The standard InChI is InChI=1S/C3H9O6P.Mg.2H/c4-1-3(5)2-9-10(6,7)8;;;/h3-5H,1-2H2,(H2,6,7,8);;;. The van der Waals surface area contributed by atoms with Gasteiger partial charge in [0.2, 0.25) is 0 Å². The van der Waals surface area contributed by atoms with Crippen molar-refractivity contribution in [1.82, 2.24) is 0 Å². The average molecular weight is 198 g/mol. The monoisotopic (exact) mass is 198 g/mol. The number of phosphoric acid groups is 1. The minimum absolute atomic E-state index is 0. The number of rotatable bonds is 4. The molecule has 1 atom stereocenters. The molecule has 0 saturated heterocycles. The van der Waals surface area contributed by atoms with Crippen molar-refractivity contribution < 1.29 is 29.1 Å². The Morgan fingerprint density at radius 1 is 1.45 bits per heavy atom. The van der Waals surface area contributed by atoms with Crippen molar-refractivity contribution in [3.05, 3.63) is 0 Å². The van der Waals surface area contributed by atoms with Crippen LogP contribution in [0, 0.1) is 0 Å². The van der Waals surface area contributed by atoms with E-state index < -0.39 is 27.1 Å². The lowest BCUT2D eigenvalue weighted by Gasteiger charge is -2.07. The van der Waals surface area contributed by atoms with Gasteiger partial charge in [-0.1, -0.05) is 0 Å². The van der Waals surface area contributed by atoms with Crippen LogP contribution in [0.5, 0.6) is 0 Å². The molecule has 11 heavy (non-hydrogen) atoms. The first-order chi connectivity index (χ1) is 4.45. The first-order valence-electron chi connectivity index (χ1n) is 2.44. The smallest absolute Gasteiger partial charge is 0.394 e. The molecule has 0 saturated carbocycles. The van der Waals surface area contributed by atoms with E-state index >= 15 is 0 Å². The molecule has 0 aliphatic heterocycles. The zero-order valence-corrected chi connectivity index (χ0v) is 5.94. The van der Waals surface area contributed by atoms with E-state index in [1.54, 1.807) is 0 Å². The van der Waals surface area contributed by atoms with Crippen molar-refractivity contribution >= 4 is 30.9 Å². The van der Waals surface area contributed by atoms with Crippen molar-refractivity contribution in [2.75, 3.05) is 13.2 Å². The van der Waals surface area contributed by atoms with Gasteiger partial charge in [0.05, 0.1) is 13.2 Å². The maximum Gasteiger partial charge on any atom is 0.469 e. The van der Waals surface area contributed by atoms with Gasteiger partial charge >= 0.3 is 30.9 Å². The molecule has 0 amide bonds. The van der Waals surface area contributed by atoms with Crippen molar-refractivity contribution in [1.29, 1.82) is 0 Å². The van der Waals surface area contributed by atoms with Crippen molar-refractivity contribution in [2.45, 2.75) is 6.10 Å². The Labute approximate surface area is 79.6 Å². The SMILES string of the molecule is O=P(O)(O)OCC(O)CO.[MgH2]. The molecule has 0 heterocycles. The van der Waals surface area contributed by atoms with E-state index in [4.69, 9.17) is 20.0 Å². The Bertz CT molecular complexity index is 134. The summed E-state index contributed by atoms with van der Waals surface area (Å²) in [5.74, 6) is 0. The largest absolute Gasteiger partial charge is 0.469 e. The predicted octanol–water partition coefficient (Wildman–Crippen LogP) is -2.47. The zero-order valence-electron chi connectivity index (χ0n) is 5.04. The molecule has 0 bridgehead atoms. The third kappa shape index (κ3) is 10.8. The molecule has 0 aliphatic rings. The molecule has 4 N–H and O–H groups in total. The minimum Gasteiger partial charge on any atom is -0.394 e. The fourth-order valence-corrected chi connectivity index (χ4v) is 0.602. The molecule has 0 aliphatic carbocycles. The Morgan fingerprint density at radius 3 is 2.18 bits per heavy atom. The maximum atomic E-state index is 9.93. The minimum atomic E-state index is -4.50. The highest BCUT2D eigenvalue weighted by atomic mass is 31.2. The summed E-state index contributed by atoms with van der Waals surface area (Å²) >= 11 is 0. The summed E-state index contributed by atoms with van der Waals surface area (Å²) in [5, 5.41) is 16.7. The first kappa shape index (κ1) is 14.3. The number of hydrogen-bond acceptors (Lipinski definition) is 4. The van der Waals surface area contributed by atoms with Gasteiger partial charge in [0.1, 0.15) is 6.10 Å². The van der Waals surface area contributed by atoms with Crippen LogP contribution in [-0.2, 0) is 9.09 Å². The van der Waals surface area contributed by atoms with Crippen LogP contribution >= 0.6 is 7.82 Å². The summed E-state index contributed by atoms with van der Waals surface area (Å²) in [6, 6.07) is 0. The predicted molar refractivity (Wildman–Crippen MR) is 39.6 cm³/mol. The highest BCUT2D eigenvalue weighted by Crippen LogP contribution is 2.35. The number of phosphoric ester groups is 1. The van der Waals surface area contributed by atoms with Crippen LogP contribution in [0.3, 0.4) is 0 Å². The Morgan fingerprint density at radius 2 is 1.91 bits per heavy atom. The van der Waals surface area contributed by atoms with Gasteiger partial charge in [0.25, 0.3) is 0 Å². The summed E-state index contributed by atoms with van der Waals surface area (Å²) in [6.45, 7) is -1.15. The highest BCUT2D eigenvalue weighted by molar-refractivity contribution is 7.46. The molecular formula is C3H11MgO6P. The normalized spacial score (nSPS) is 13.8. The van der Waals surface area contributed by atoms with Crippen LogP contribution in [0.4, 0.5) is 0 Å². The number of hydrogen-bond donors (Lipinski definition) is 4. The van der Waals surface area contributed by atoms with E-state index in [1.165, 1.54) is 0 Å². The van der Waals surface area contributed by atoms with Gasteiger partial charge in [0.15, 0.2) is 0 Å². The van der Waals surface area contributed by atoms with Gasteiger partial charge in [-0.05, 0) is 0 Å². The van der Waals surface area contributed by atoms with E-state index in [-0.39, 0.29) is 23.1 Å². The maximum absolute atomic E-state index is 9.93. The highest BCUT2D eigenvalue weighted by Gasteiger charge is 2.15. The second-order valence-corrected chi connectivity index (χ2v) is 2.86. The lowest BCUT2D eigenvalue weighted by molar-refractivity contribution is 0.0419. The summed E-state index contributed by atoms with van der Waals surface area (Å²) < 4.78 is 13.8. The van der Waals surface area contributed by atoms with Crippen LogP contribution in [0.25, 0.3) is 0 Å². The van der Waals surface area contributed by atoms with Gasteiger partial charge < -0.3 is 20.0 Å². The summed E-state index contributed by atoms with van der Waals surface area (Å²) in [7, 11) is -4.50. The Balaban J connectivity index is 0. The van der Waals surface area contributed by atoms with E-state index in [9.17, 15) is 4.57 Å². The molecular weight excluding hydrogens is 187 g/mol. The molecule has 6 nitrogen and oxygen atoms in total. The van der Waals surface area contributed by atoms with Crippen molar-refractivity contribution in [3.63, 3.8) is 0 Å². The topological polar surface area (TPSA) is 107 Å². The first-order valence-corrected chi connectivity index (χ1v) is 3.98. The molecule has 8 heteroatoms. The van der Waals surface area contributed by atoms with E-state index in [1.807, 2.05) is 0 Å². The Kier molecular flexibility index (Phi) is 8.24. The third-order valence-electron chi connectivity index (χ3n) is 0.646. The lowest BCUT2D eigenvalue weighted by Crippen LogP contribution is -2.18. The van der Waals surface area contributed by atoms with Crippen molar-refractivity contribution in [3.8, 4) is 0 Å². The van der Waals surface area contributed by atoms with E-state index in [2.05, 4.69) is 4.52 Å². The molecule has 0 rings (SSSR count). The van der Waals surface area contributed by atoms with Gasteiger partial charge in [-0.15, -0.1) is 0 Å². The lowest BCUT2D eigenvalue weighted by atomic mass is 10.4. The number of aliphatic hydroxyl groups is 2. The zero-order chi connectivity index (χ0) is 8.20. The molecule has 1 unspecified atom stereocenters. The quantitative estimate of drug-likeness (QED) is 0.295. The molecule has 0 aromatic heterocycles. The van der Waals surface area contributed by atoms with E-state index in [0.29, 0.717) is 0 Å². The van der Waals surface area contributed by atoms with Crippen LogP contribution in [0.2, 0.25) is 0 Å². The molecule has 0 spiro atoms. The Hall–Kier alpha value is 0.796. The summed E-state index contributed by atoms with van der Waals surface area (Å²) in [6.07, 6.45) is -1.24. The van der Waals surface area contributed by atoms with Crippen LogP contribution < -0.4 is 0 Å². The van der Waals surface area contributed by atoms with Crippen LogP contribution in [-0.4, -0.2) is 62.4 Å². The van der Waals surface area contributed by atoms with Gasteiger partial charge in [-0.3, -0.25) is 4.52 Å².